The summed E-state index contributed by atoms with van der Waals surface area (Å²) in [6, 6.07) is 9.99. The molecule has 7 nitrogen and oxygen atoms in total. The SMILES string of the molecule is CCN(CC)CCN1C(=O)C(O)=C(C(=O)c2cc3cc(C)ccc3o2)C1c1ccc(C)o1. The van der Waals surface area contributed by atoms with Gasteiger partial charge in [-0.3, -0.25) is 9.59 Å². The summed E-state index contributed by atoms with van der Waals surface area (Å²) < 4.78 is 11.6. The Morgan fingerprint density at radius 1 is 1.09 bits per heavy atom. The molecule has 0 spiro atoms. The third-order valence-corrected chi connectivity index (χ3v) is 6.03. The Kier molecular flexibility index (Phi) is 5.93. The van der Waals surface area contributed by atoms with Crippen LogP contribution in [0.4, 0.5) is 0 Å². The molecule has 1 N–H and O–H groups in total. The molecule has 7 heteroatoms. The minimum atomic E-state index is -0.811. The summed E-state index contributed by atoms with van der Waals surface area (Å²) in [5.74, 6) is -0.465. The number of fused-ring (bicyclic) bond motifs is 1. The number of hydrogen-bond acceptors (Lipinski definition) is 6. The maximum atomic E-state index is 13.5. The first-order valence-corrected chi connectivity index (χ1v) is 10.9. The van der Waals surface area contributed by atoms with Crippen molar-refractivity contribution in [3.8, 4) is 0 Å². The van der Waals surface area contributed by atoms with Gasteiger partial charge >= 0.3 is 0 Å². The lowest BCUT2D eigenvalue weighted by Crippen LogP contribution is -2.38. The predicted octanol–water partition coefficient (Wildman–Crippen LogP) is 4.56. The van der Waals surface area contributed by atoms with Gasteiger partial charge < -0.3 is 23.7 Å². The highest BCUT2D eigenvalue weighted by atomic mass is 16.4. The van der Waals surface area contributed by atoms with Crippen LogP contribution in [0.1, 0.15) is 47.5 Å². The number of Topliss-reactive ketones (excluding diaryl/α,β-unsaturated/α-hetero) is 1. The van der Waals surface area contributed by atoms with Crippen molar-refractivity contribution >= 4 is 22.7 Å². The monoisotopic (exact) mass is 436 g/mol. The number of amides is 1. The first-order chi connectivity index (χ1) is 15.3. The number of nitrogens with zero attached hydrogens (tertiary/aromatic N) is 2. The molecule has 1 aliphatic rings. The summed E-state index contributed by atoms with van der Waals surface area (Å²) in [5.41, 5.74) is 1.61. The average molecular weight is 437 g/mol. The van der Waals surface area contributed by atoms with E-state index < -0.39 is 23.5 Å². The van der Waals surface area contributed by atoms with Crippen LogP contribution >= 0.6 is 0 Å². The molecule has 0 bridgehead atoms. The lowest BCUT2D eigenvalue weighted by molar-refractivity contribution is -0.129. The summed E-state index contributed by atoms with van der Waals surface area (Å²) in [6.07, 6.45) is 0. The van der Waals surface area contributed by atoms with E-state index in [0.29, 0.717) is 30.2 Å². The number of benzene rings is 1. The second-order valence-electron chi connectivity index (χ2n) is 8.12. The van der Waals surface area contributed by atoms with Crippen LogP contribution in [0.2, 0.25) is 0 Å². The van der Waals surface area contributed by atoms with Gasteiger partial charge in [-0.25, -0.2) is 0 Å². The largest absolute Gasteiger partial charge is 0.503 e. The van der Waals surface area contributed by atoms with Crippen LogP contribution in [0, 0.1) is 13.8 Å². The molecule has 3 aromatic rings. The Morgan fingerprint density at radius 3 is 2.50 bits per heavy atom. The predicted molar refractivity (Wildman–Crippen MR) is 121 cm³/mol. The molecule has 0 aliphatic carbocycles. The van der Waals surface area contributed by atoms with Gasteiger partial charge in [0.25, 0.3) is 5.91 Å². The Hall–Kier alpha value is -3.32. The summed E-state index contributed by atoms with van der Waals surface area (Å²) in [6.45, 7) is 10.5. The van der Waals surface area contributed by atoms with E-state index in [0.717, 1.165) is 24.0 Å². The fourth-order valence-corrected chi connectivity index (χ4v) is 4.21. The highest BCUT2D eigenvalue weighted by molar-refractivity contribution is 6.15. The molecule has 3 heterocycles. The molecule has 2 aromatic heterocycles. The van der Waals surface area contributed by atoms with Crippen molar-refractivity contribution < 1.29 is 23.5 Å². The minimum Gasteiger partial charge on any atom is -0.503 e. The number of ketones is 1. The van der Waals surface area contributed by atoms with Gasteiger partial charge in [0.05, 0.1) is 5.57 Å². The molecule has 32 heavy (non-hydrogen) atoms. The van der Waals surface area contributed by atoms with Gasteiger partial charge in [-0.05, 0) is 57.3 Å². The molecular weight excluding hydrogens is 408 g/mol. The molecule has 168 valence electrons. The zero-order chi connectivity index (χ0) is 23.0. The molecule has 0 saturated carbocycles. The van der Waals surface area contributed by atoms with Crippen LogP contribution in [0.5, 0.6) is 0 Å². The van der Waals surface area contributed by atoms with Crippen molar-refractivity contribution in [3.63, 3.8) is 0 Å². The summed E-state index contributed by atoms with van der Waals surface area (Å²) in [4.78, 5) is 30.2. The number of aryl methyl sites for hydroxylation is 2. The van der Waals surface area contributed by atoms with E-state index in [4.69, 9.17) is 8.83 Å². The number of hydrogen-bond donors (Lipinski definition) is 1. The third-order valence-electron chi connectivity index (χ3n) is 6.03. The van der Waals surface area contributed by atoms with E-state index in [1.807, 2.05) is 19.1 Å². The Labute approximate surface area is 186 Å². The molecule has 1 unspecified atom stereocenters. The maximum Gasteiger partial charge on any atom is 0.290 e. The van der Waals surface area contributed by atoms with E-state index in [2.05, 4.69) is 18.7 Å². The van der Waals surface area contributed by atoms with Crippen molar-refractivity contribution in [2.75, 3.05) is 26.2 Å². The maximum absolute atomic E-state index is 13.5. The number of carbonyl (C=O) groups is 2. The summed E-state index contributed by atoms with van der Waals surface area (Å²) >= 11 is 0. The Balaban J connectivity index is 1.73. The van der Waals surface area contributed by atoms with Gasteiger partial charge in [0, 0.05) is 18.5 Å². The molecule has 4 rings (SSSR count). The molecule has 1 aromatic carbocycles. The lowest BCUT2D eigenvalue weighted by Gasteiger charge is -2.27. The van der Waals surface area contributed by atoms with E-state index in [1.54, 1.807) is 31.2 Å². The second-order valence-corrected chi connectivity index (χ2v) is 8.12. The zero-order valence-electron chi connectivity index (χ0n) is 18.8. The van der Waals surface area contributed by atoms with E-state index in [1.165, 1.54) is 4.90 Å². The number of aliphatic hydroxyl groups is 1. The molecule has 1 aliphatic heterocycles. The molecule has 0 saturated heterocycles. The number of likely N-dealkylation sites (N-methyl/N-ethyl adjacent to an activating group) is 1. The smallest absolute Gasteiger partial charge is 0.290 e. The Bertz CT molecular complexity index is 1200. The lowest BCUT2D eigenvalue weighted by atomic mass is 9.99. The van der Waals surface area contributed by atoms with Gasteiger partial charge in [-0.2, -0.15) is 0 Å². The fourth-order valence-electron chi connectivity index (χ4n) is 4.21. The van der Waals surface area contributed by atoms with Crippen molar-refractivity contribution in [1.82, 2.24) is 9.80 Å². The fraction of sp³-hybridized carbons (Fsp3) is 0.360. The first-order valence-electron chi connectivity index (χ1n) is 10.9. The quantitative estimate of drug-likeness (QED) is 0.521. The second kappa shape index (κ2) is 8.67. The van der Waals surface area contributed by atoms with E-state index in [9.17, 15) is 14.7 Å². The summed E-state index contributed by atoms with van der Waals surface area (Å²) in [5, 5.41) is 11.6. The normalized spacial score (nSPS) is 16.7. The van der Waals surface area contributed by atoms with Crippen molar-refractivity contribution in [2.24, 2.45) is 0 Å². The molecular formula is C25H28N2O5. The van der Waals surface area contributed by atoms with Crippen LogP contribution in [0.15, 0.2) is 56.6 Å². The third kappa shape index (κ3) is 3.84. The molecule has 1 amide bonds. The number of furan rings is 2. The van der Waals surface area contributed by atoms with Gasteiger partial charge in [-0.1, -0.05) is 25.5 Å². The first kappa shape index (κ1) is 21.9. The van der Waals surface area contributed by atoms with Gasteiger partial charge in [-0.15, -0.1) is 0 Å². The summed E-state index contributed by atoms with van der Waals surface area (Å²) in [7, 11) is 0. The standard InChI is InChI=1S/C25H28N2O5/c1-5-26(6-2)11-12-27-22(19-10-8-16(4)31-19)21(24(29)25(27)30)23(28)20-14-17-13-15(3)7-9-18(17)32-20/h7-10,13-14,22,29H,5-6,11-12H2,1-4H3. The van der Waals surface area contributed by atoms with Crippen molar-refractivity contribution in [3.05, 3.63) is 70.6 Å². The van der Waals surface area contributed by atoms with Crippen LogP contribution < -0.4 is 0 Å². The zero-order valence-corrected chi connectivity index (χ0v) is 18.8. The number of rotatable bonds is 8. The molecule has 0 radical (unpaired) electrons. The minimum absolute atomic E-state index is 0.0142. The van der Waals surface area contributed by atoms with Gasteiger partial charge in [0.15, 0.2) is 11.5 Å². The van der Waals surface area contributed by atoms with E-state index >= 15 is 0 Å². The average Bonchev–Trinajstić information content (AvgIpc) is 3.45. The van der Waals surface area contributed by atoms with Crippen LogP contribution in [0.3, 0.4) is 0 Å². The molecule has 0 fully saturated rings. The van der Waals surface area contributed by atoms with Crippen LogP contribution in [0.25, 0.3) is 11.0 Å². The van der Waals surface area contributed by atoms with E-state index in [-0.39, 0.29) is 11.3 Å². The van der Waals surface area contributed by atoms with Crippen LogP contribution in [-0.2, 0) is 4.79 Å². The van der Waals surface area contributed by atoms with Crippen molar-refractivity contribution in [2.45, 2.75) is 33.7 Å². The van der Waals surface area contributed by atoms with Crippen LogP contribution in [-0.4, -0.2) is 52.8 Å². The van der Waals surface area contributed by atoms with Gasteiger partial charge in [0.1, 0.15) is 23.1 Å². The number of aliphatic hydroxyl groups excluding tert-OH is 1. The molecule has 1 atom stereocenters. The topological polar surface area (TPSA) is 87.1 Å². The van der Waals surface area contributed by atoms with Crippen molar-refractivity contribution in [1.29, 1.82) is 0 Å². The van der Waals surface area contributed by atoms with Gasteiger partial charge in [0.2, 0.25) is 5.78 Å². The highest BCUT2D eigenvalue weighted by Crippen LogP contribution is 2.40. The Morgan fingerprint density at radius 2 is 1.84 bits per heavy atom. The highest BCUT2D eigenvalue weighted by Gasteiger charge is 2.46. The number of carbonyl (C=O) groups excluding carboxylic acids is 2.